The molecular formula is C26H37F3N2O3. The van der Waals surface area contributed by atoms with Crippen molar-refractivity contribution in [2.45, 2.75) is 95.9 Å². The van der Waals surface area contributed by atoms with Crippen molar-refractivity contribution in [1.29, 1.82) is 0 Å². The Labute approximate surface area is 200 Å². The summed E-state index contributed by atoms with van der Waals surface area (Å²) in [6.07, 6.45) is 1.11. The standard InChI is InChI=1S/C26H37F3N2O3/c1-2-17-30-18-9-3-4-10-19-31(24(32)15-16-26(27,28)29)21-12-6-8-14-23(21)34-22-13-7-5-11-20(22)25(30)33/h5,7,11,13,21,23H,2-4,6,8-10,12,14-19H2,1H3/t21-,23+/m1/s1. The van der Waals surface area contributed by atoms with Crippen LogP contribution in [0.15, 0.2) is 24.3 Å². The molecule has 1 saturated carbocycles. The van der Waals surface area contributed by atoms with Crippen LogP contribution in [-0.4, -0.2) is 59.6 Å². The highest BCUT2D eigenvalue weighted by Crippen LogP contribution is 2.31. The van der Waals surface area contributed by atoms with E-state index in [2.05, 4.69) is 6.92 Å². The number of fused-ring (bicyclic) bond motifs is 2. The lowest BCUT2D eigenvalue weighted by Crippen LogP contribution is -2.51. The van der Waals surface area contributed by atoms with Crippen LogP contribution >= 0.6 is 0 Å². The summed E-state index contributed by atoms with van der Waals surface area (Å²) < 4.78 is 44.9. The Hall–Kier alpha value is -2.25. The second kappa shape index (κ2) is 12.5. The summed E-state index contributed by atoms with van der Waals surface area (Å²) in [4.78, 5) is 29.9. The summed E-state index contributed by atoms with van der Waals surface area (Å²) in [6, 6.07) is 6.91. The first-order valence-corrected chi connectivity index (χ1v) is 12.7. The molecule has 2 atom stereocenters. The van der Waals surface area contributed by atoms with Gasteiger partial charge in [-0.25, -0.2) is 0 Å². The van der Waals surface area contributed by atoms with E-state index in [-0.39, 0.29) is 18.1 Å². The molecule has 5 nitrogen and oxygen atoms in total. The molecular weight excluding hydrogens is 445 g/mol. The predicted octanol–water partition coefficient (Wildman–Crippen LogP) is 5.97. The van der Waals surface area contributed by atoms with Crippen LogP contribution in [0.1, 0.15) is 87.9 Å². The molecule has 0 unspecified atom stereocenters. The molecule has 34 heavy (non-hydrogen) atoms. The third kappa shape index (κ3) is 7.37. The number of hydrogen-bond donors (Lipinski definition) is 0. The van der Waals surface area contributed by atoms with Crippen LogP contribution in [0.2, 0.25) is 0 Å². The maximum Gasteiger partial charge on any atom is 0.389 e. The quantitative estimate of drug-likeness (QED) is 0.531. The van der Waals surface area contributed by atoms with Crippen LogP contribution in [0.5, 0.6) is 5.75 Å². The van der Waals surface area contributed by atoms with Crippen molar-refractivity contribution in [2.75, 3.05) is 19.6 Å². The molecule has 1 aliphatic heterocycles. The SMILES string of the molecule is CCCN1CCCCCCN(C(=O)CCC(F)(F)F)[C@@H]2CCCC[C@@H]2Oc2ccccc2C1=O. The molecule has 0 bridgehead atoms. The highest BCUT2D eigenvalue weighted by atomic mass is 19.4. The Morgan fingerprint density at radius 2 is 1.74 bits per heavy atom. The van der Waals surface area contributed by atoms with Gasteiger partial charge >= 0.3 is 6.18 Å². The summed E-state index contributed by atoms with van der Waals surface area (Å²) in [5, 5.41) is 0. The van der Waals surface area contributed by atoms with Crippen LogP contribution in [0.25, 0.3) is 0 Å². The van der Waals surface area contributed by atoms with Crippen molar-refractivity contribution in [1.82, 2.24) is 9.80 Å². The number of rotatable bonds is 4. The third-order valence-corrected chi connectivity index (χ3v) is 6.76. The molecule has 1 heterocycles. The second-order valence-electron chi connectivity index (χ2n) is 9.41. The highest BCUT2D eigenvalue weighted by molar-refractivity contribution is 5.97. The number of amides is 2. The van der Waals surface area contributed by atoms with E-state index in [1.807, 2.05) is 17.0 Å². The van der Waals surface area contributed by atoms with E-state index in [4.69, 9.17) is 4.74 Å². The molecule has 0 saturated heterocycles. The second-order valence-corrected chi connectivity index (χ2v) is 9.41. The van der Waals surface area contributed by atoms with Crippen molar-refractivity contribution >= 4 is 11.8 Å². The summed E-state index contributed by atoms with van der Waals surface area (Å²) in [5.41, 5.74) is 0.507. The number of alkyl halides is 3. The molecule has 0 N–H and O–H groups in total. The summed E-state index contributed by atoms with van der Waals surface area (Å²) >= 11 is 0. The molecule has 0 aromatic heterocycles. The van der Waals surface area contributed by atoms with Gasteiger partial charge in [0, 0.05) is 26.1 Å². The zero-order valence-electron chi connectivity index (χ0n) is 20.1. The fourth-order valence-electron chi connectivity index (χ4n) is 5.04. The smallest absolute Gasteiger partial charge is 0.389 e. The number of benzene rings is 1. The number of para-hydroxylation sites is 1. The van der Waals surface area contributed by atoms with E-state index in [1.165, 1.54) is 0 Å². The average molecular weight is 483 g/mol. The van der Waals surface area contributed by atoms with Crippen LogP contribution in [0.4, 0.5) is 13.2 Å². The van der Waals surface area contributed by atoms with Gasteiger partial charge in [0.25, 0.3) is 5.91 Å². The van der Waals surface area contributed by atoms with Gasteiger partial charge in [0.15, 0.2) is 0 Å². The topological polar surface area (TPSA) is 49.9 Å². The molecule has 1 aromatic carbocycles. The first kappa shape index (κ1) is 26.4. The maximum atomic E-state index is 13.4. The van der Waals surface area contributed by atoms with Crippen molar-refractivity contribution in [3.8, 4) is 5.75 Å². The lowest BCUT2D eigenvalue weighted by molar-refractivity contribution is -0.152. The Bertz CT molecular complexity index is 815. The van der Waals surface area contributed by atoms with Crippen LogP contribution < -0.4 is 4.74 Å². The Kier molecular flexibility index (Phi) is 9.65. The van der Waals surface area contributed by atoms with E-state index in [0.717, 1.165) is 44.9 Å². The molecule has 3 rings (SSSR count). The summed E-state index contributed by atoms with van der Waals surface area (Å²) in [7, 11) is 0. The Balaban J connectivity index is 1.89. The predicted molar refractivity (Wildman–Crippen MR) is 125 cm³/mol. The molecule has 0 spiro atoms. The van der Waals surface area contributed by atoms with Gasteiger partial charge in [-0.1, -0.05) is 38.3 Å². The normalized spacial score (nSPS) is 22.9. The van der Waals surface area contributed by atoms with Gasteiger partial charge in [0.2, 0.25) is 5.91 Å². The first-order valence-electron chi connectivity index (χ1n) is 12.7. The van der Waals surface area contributed by atoms with Gasteiger partial charge in [-0.2, -0.15) is 13.2 Å². The number of halogens is 3. The van der Waals surface area contributed by atoms with Crippen molar-refractivity contribution in [3.63, 3.8) is 0 Å². The molecule has 1 aromatic rings. The third-order valence-electron chi connectivity index (χ3n) is 6.76. The number of carbonyl (C=O) groups is 2. The maximum absolute atomic E-state index is 13.4. The van der Waals surface area contributed by atoms with E-state index >= 15 is 0 Å². The molecule has 2 amide bonds. The Morgan fingerprint density at radius 1 is 1.03 bits per heavy atom. The van der Waals surface area contributed by atoms with Gasteiger partial charge in [0.05, 0.1) is 18.0 Å². The van der Waals surface area contributed by atoms with Crippen LogP contribution in [0.3, 0.4) is 0 Å². The van der Waals surface area contributed by atoms with Crippen molar-refractivity contribution in [2.24, 2.45) is 0 Å². The number of hydrogen-bond acceptors (Lipinski definition) is 3. The monoisotopic (exact) mass is 482 g/mol. The van der Waals surface area contributed by atoms with Gasteiger partial charge in [-0.15, -0.1) is 0 Å². The van der Waals surface area contributed by atoms with E-state index in [1.54, 1.807) is 17.0 Å². The minimum absolute atomic E-state index is 0.0556. The highest BCUT2D eigenvalue weighted by Gasteiger charge is 2.37. The Morgan fingerprint density at radius 3 is 2.47 bits per heavy atom. The fraction of sp³-hybridized carbons (Fsp3) is 0.692. The van der Waals surface area contributed by atoms with Gasteiger partial charge < -0.3 is 14.5 Å². The van der Waals surface area contributed by atoms with Crippen molar-refractivity contribution in [3.05, 3.63) is 29.8 Å². The number of nitrogens with zero attached hydrogens (tertiary/aromatic N) is 2. The fourth-order valence-corrected chi connectivity index (χ4v) is 5.04. The lowest BCUT2D eigenvalue weighted by Gasteiger charge is -2.40. The largest absolute Gasteiger partial charge is 0.487 e. The number of ether oxygens (including phenoxy) is 1. The summed E-state index contributed by atoms with van der Waals surface area (Å²) in [6.45, 7) is 3.83. The first-order chi connectivity index (χ1) is 16.3. The molecule has 0 radical (unpaired) electrons. The van der Waals surface area contributed by atoms with E-state index < -0.39 is 24.9 Å². The molecule has 1 fully saturated rings. The van der Waals surface area contributed by atoms with Crippen molar-refractivity contribution < 1.29 is 27.5 Å². The minimum atomic E-state index is -4.36. The van der Waals surface area contributed by atoms with Gasteiger partial charge in [0.1, 0.15) is 11.9 Å². The molecule has 2 aliphatic rings. The van der Waals surface area contributed by atoms with E-state index in [0.29, 0.717) is 43.8 Å². The van der Waals surface area contributed by atoms with Crippen LogP contribution in [-0.2, 0) is 4.79 Å². The molecule has 8 heteroatoms. The lowest BCUT2D eigenvalue weighted by atomic mass is 9.90. The number of carbonyl (C=O) groups excluding carboxylic acids is 2. The minimum Gasteiger partial charge on any atom is -0.487 e. The molecule has 1 aliphatic carbocycles. The summed E-state index contributed by atoms with van der Waals surface area (Å²) in [5.74, 6) is -0.0198. The van der Waals surface area contributed by atoms with Gasteiger partial charge in [-0.3, -0.25) is 9.59 Å². The van der Waals surface area contributed by atoms with Gasteiger partial charge in [-0.05, 0) is 50.7 Å². The average Bonchev–Trinajstić information content (AvgIpc) is 2.81. The molecule has 190 valence electrons. The zero-order valence-corrected chi connectivity index (χ0v) is 20.1. The zero-order chi connectivity index (χ0) is 24.6. The van der Waals surface area contributed by atoms with Crippen LogP contribution in [0, 0.1) is 0 Å². The van der Waals surface area contributed by atoms with E-state index in [9.17, 15) is 22.8 Å².